The molecule has 0 spiro atoms. The van der Waals surface area contributed by atoms with Gasteiger partial charge in [0.25, 0.3) is 0 Å². The minimum Gasteiger partial charge on any atom is -0.352 e. The van der Waals surface area contributed by atoms with Crippen molar-refractivity contribution in [2.75, 3.05) is 0 Å². The van der Waals surface area contributed by atoms with Crippen LogP contribution in [0.15, 0.2) is 48.5 Å². The molecule has 110 valence electrons. The van der Waals surface area contributed by atoms with Gasteiger partial charge in [-0.1, -0.05) is 70.0 Å². The van der Waals surface area contributed by atoms with Crippen molar-refractivity contribution in [1.29, 1.82) is 0 Å². The summed E-state index contributed by atoms with van der Waals surface area (Å²) in [5.74, 6) is 0.0979. The zero-order valence-electron chi connectivity index (χ0n) is 12.2. The van der Waals surface area contributed by atoms with Gasteiger partial charge in [-0.05, 0) is 30.0 Å². The number of carbonyl (C=O) groups is 1. The molecule has 0 aliphatic carbocycles. The van der Waals surface area contributed by atoms with Crippen molar-refractivity contribution in [2.45, 2.75) is 31.6 Å². The average Bonchev–Trinajstić information content (AvgIpc) is 2.51. The Morgan fingerprint density at radius 1 is 1.05 bits per heavy atom. The van der Waals surface area contributed by atoms with Crippen LogP contribution in [0.5, 0.6) is 0 Å². The highest BCUT2D eigenvalue weighted by Crippen LogP contribution is 2.09. The summed E-state index contributed by atoms with van der Waals surface area (Å²) in [6, 6.07) is 16.5. The second-order valence-electron chi connectivity index (χ2n) is 5.22. The van der Waals surface area contributed by atoms with Gasteiger partial charge in [0.15, 0.2) is 0 Å². The van der Waals surface area contributed by atoms with Crippen molar-refractivity contribution >= 4 is 21.8 Å². The van der Waals surface area contributed by atoms with E-state index in [0.29, 0.717) is 13.0 Å². The molecule has 1 N–H and O–H groups in total. The predicted molar refractivity (Wildman–Crippen MR) is 90.4 cm³/mol. The first-order chi connectivity index (χ1) is 10.2. The molecule has 0 aliphatic heterocycles. The number of hydrogen-bond donors (Lipinski definition) is 1. The zero-order chi connectivity index (χ0) is 15.1. The molecule has 2 rings (SSSR count). The first-order valence-electron chi connectivity index (χ1n) is 7.13. The Bertz CT molecular complexity index is 610. The first kappa shape index (κ1) is 15.8. The number of aryl methyl sites for hydroxylation is 2. The smallest absolute Gasteiger partial charge is 0.220 e. The number of rotatable bonds is 6. The van der Waals surface area contributed by atoms with Crippen molar-refractivity contribution in [3.63, 3.8) is 0 Å². The lowest BCUT2D eigenvalue weighted by molar-refractivity contribution is -0.121. The maximum atomic E-state index is 11.9. The van der Waals surface area contributed by atoms with Gasteiger partial charge >= 0.3 is 0 Å². The van der Waals surface area contributed by atoms with Crippen LogP contribution in [0.4, 0.5) is 0 Å². The Morgan fingerprint density at radius 2 is 1.76 bits per heavy atom. The van der Waals surface area contributed by atoms with Crippen molar-refractivity contribution in [1.82, 2.24) is 5.32 Å². The van der Waals surface area contributed by atoms with Crippen LogP contribution in [-0.4, -0.2) is 5.91 Å². The van der Waals surface area contributed by atoms with Gasteiger partial charge in [0.2, 0.25) is 5.91 Å². The highest BCUT2D eigenvalue weighted by Gasteiger charge is 2.03. The van der Waals surface area contributed by atoms with Crippen LogP contribution in [0.2, 0.25) is 0 Å². The molecule has 2 aromatic carbocycles. The molecule has 0 aliphatic rings. The van der Waals surface area contributed by atoms with E-state index >= 15 is 0 Å². The van der Waals surface area contributed by atoms with Gasteiger partial charge in [-0.3, -0.25) is 4.79 Å². The Morgan fingerprint density at radius 3 is 2.52 bits per heavy atom. The number of halogens is 1. The molecule has 0 bridgehead atoms. The minimum atomic E-state index is 0.0979. The highest BCUT2D eigenvalue weighted by atomic mass is 79.9. The molecule has 2 aromatic rings. The van der Waals surface area contributed by atoms with Crippen LogP contribution in [0.1, 0.15) is 28.7 Å². The van der Waals surface area contributed by atoms with Crippen LogP contribution in [0.25, 0.3) is 0 Å². The van der Waals surface area contributed by atoms with Gasteiger partial charge < -0.3 is 5.32 Å². The third kappa shape index (κ3) is 5.35. The second kappa shape index (κ2) is 7.99. The van der Waals surface area contributed by atoms with E-state index in [0.717, 1.165) is 17.3 Å². The SMILES string of the molecule is Cc1cccc(CCC(=O)NCc2cccc(CBr)c2)c1. The van der Waals surface area contributed by atoms with Gasteiger partial charge in [-0.15, -0.1) is 0 Å². The fraction of sp³-hybridized carbons (Fsp3) is 0.278. The van der Waals surface area contributed by atoms with E-state index in [1.54, 1.807) is 0 Å². The summed E-state index contributed by atoms with van der Waals surface area (Å²) < 4.78 is 0. The van der Waals surface area contributed by atoms with E-state index in [1.165, 1.54) is 16.7 Å². The molecule has 0 atom stereocenters. The number of benzene rings is 2. The molecule has 0 saturated carbocycles. The average molecular weight is 346 g/mol. The van der Waals surface area contributed by atoms with Gasteiger partial charge in [-0.2, -0.15) is 0 Å². The number of amides is 1. The largest absolute Gasteiger partial charge is 0.352 e. The van der Waals surface area contributed by atoms with Gasteiger partial charge in [0.1, 0.15) is 0 Å². The summed E-state index contributed by atoms with van der Waals surface area (Å²) in [6.07, 6.45) is 1.32. The molecule has 0 radical (unpaired) electrons. The molecule has 1 amide bonds. The third-order valence-electron chi connectivity index (χ3n) is 3.36. The number of carbonyl (C=O) groups excluding carboxylic acids is 1. The van der Waals surface area contributed by atoms with Crippen molar-refractivity contribution in [3.8, 4) is 0 Å². The minimum absolute atomic E-state index is 0.0979. The van der Waals surface area contributed by atoms with E-state index in [2.05, 4.69) is 58.5 Å². The summed E-state index contributed by atoms with van der Waals surface area (Å²) in [5.41, 5.74) is 4.81. The van der Waals surface area contributed by atoms with Crippen LogP contribution < -0.4 is 5.32 Å². The Hall–Kier alpha value is -1.61. The zero-order valence-corrected chi connectivity index (χ0v) is 13.8. The molecular weight excluding hydrogens is 326 g/mol. The van der Waals surface area contributed by atoms with Crippen molar-refractivity contribution < 1.29 is 4.79 Å². The summed E-state index contributed by atoms with van der Waals surface area (Å²) in [4.78, 5) is 11.9. The maximum Gasteiger partial charge on any atom is 0.220 e. The molecule has 0 aromatic heterocycles. The van der Waals surface area contributed by atoms with E-state index in [9.17, 15) is 4.79 Å². The van der Waals surface area contributed by atoms with Crippen LogP contribution in [-0.2, 0) is 23.1 Å². The standard InChI is InChI=1S/C18H20BrNO/c1-14-4-2-5-15(10-14)8-9-18(21)20-13-17-7-3-6-16(11-17)12-19/h2-7,10-11H,8-9,12-13H2,1H3,(H,20,21). The van der Waals surface area contributed by atoms with E-state index in [4.69, 9.17) is 0 Å². The molecule has 2 nitrogen and oxygen atoms in total. The fourth-order valence-corrected chi connectivity index (χ4v) is 2.59. The number of alkyl halides is 1. The molecule has 0 saturated heterocycles. The summed E-state index contributed by atoms with van der Waals surface area (Å²) in [7, 11) is 0. The second-order valence-corrected chi connectivity index (χ2v) is 5.78. The Kier molecular flexibility index (Phi) is 6.00. The van der Waals surface area contributed by atoms with Crippen LogP contribution in [0, 0.1) is 6.92 Å². The topological polar surface area (TPSA) is 29.1 Å². The lowest BCUT2D eigenvalue weighted by atomic mass is 10.1. The van der Waals surface area contributed by atoms with Gasteiger partial charge in [-0.25, -0.2) is 0 Å². The summed E-state index contributed by atoms with van der Waals surface area (Å²) in [6.45, 7) is 2.66. The van der Waals surface area contributed by atoms with Crippen molar-refractivity contribution in [3.05, 3.63) is 70.8 Å². The Labute approximate surface area is 134 Å². The monoisotopic (exact) mass is 345 g/mol. The van der Waals surface area contributed by atoms with E-state index in [-0.39, 0.29) is 5.91 Å². The molecule has 0 heterocycles. The maximum absolute atomic E-state index is 11.9. The summed E-state index contributed by atoms with van der Waals surface area (Å²) in [5, 5.41) is 3.82. The molecule has 0 unspecified atom stereocenters. The van der Waals surface area contributed by atoms with Crippen LogP contribution >= 0.6 is 15.9 Å². The number of hydrogen-bond acceptors (Lipinski definition) is 1. The predicted octanol–water partition coefficient (Wildman–Crippen LogP) is 4.14. The molecule has 3 heteroatoms. The lowest BCUT2D eigenvalue weighted by Crippen LogP contribution is -2.23. The first-order valence-corrected chi connectivity index (χ1v) is 8.25. The van der Waals surface area contributed by atoms with Gasteiger partial charge in [0, 0.05) is 18.3 Å². The van der Waals surface area contributed by atoms with E-state index in [1.807, 2.05) is 18.2 Å². The Balaban J connectivity index is 1.79. The summed E-state index contributed by atoms with van der Waals surface area (Å²) >= 11 is 3.44. The highest BCUT2D eigenvalue weighted by molar-refractivity contribution is 9.08. The molecule has 0 fully saturated rings. The normalized spacial score (nSPS) is 10.4. The van der Waals surface area contributed by atoms with Crippen LogP contribution in [0.3, 0.4) is 0 Å². The van der Waals surface area contributed by atoms with Crippen molar-refractivity contribution in [2.24, 2.45) is 0 Å². The van der Waals surface area contributed by atoms with Gasteiger partial charge in [0.05, 0.1) is 0 Å². The lowest BCUT2D eigenvalue weighted by Gasteiger charge is -2.07. The molecule has 21 heavy (non-hydrogen) atoms. The van der Waals surface area contributed by atoms with E-state index < -0.39 is 0 Å². The third-order valence-corrected chi connectivity index (χ3v) is 4.01. The quantitative estimate of drug-likeness (QED) is 0.783. The molecular formula is C18H20BrNO. The number of nitrogens with one attached hydrogen (secondary N) is 1. The fourth-order valence-electron chi connectivity index (χ4n) is 2.24.